The third-order valence-corrected chi connectivity index (χ3v) is 5.96. The molecule has 0 bridgehead atoms. The molecule has 0 radical (unpaired) electrons. The lowest BCUT2D eigenvalue weighted by Crippen LogP contribution is -2.40. The number of hydrogen-bond donors (Lipinski definition) is 2. The predicted octanol–water partition coefficient (Wildman–Crippen LogP) is 3.49. The van der Waals surface area contributed by atoms with Crippen LogP contribution < -0.4 is 16.0 Å². The summed E-state index contributed by atoms with van der Waals surface area (Å²) in [7, 11) is 0. The standard InChI is InChI=1S/C24H23N7O/c25-13-15-7-8-27-21(10-15)30-22-12-18(16-3-4-16)11-19(29-22)17-5-6-23(28-14-17)31-9-1-2-20(31)24(26)32/h5-8,10-12,14,16,20H,1-4,9H2,(H2,26,32)(H,27,29,30). The summed E-state index contributed by atoms with van der Waals surface area (Å²) in [5.74, 6) is 2.25. The van der Waals surface area contributed by atoms with Crippen LogP contribution in [0.4, 0.5) is 17.5 Å². The maximum atomic E-state index is 11.7. The number of anilines is 3. The Labute approximate surface area is 186 Å². The number of primary amides is 1. The van der Waals surface area contributed by atoms with Crippen LogP contribution >= 0.6 is 0 Å². The first-order valence-corrected chi connectivity index (χ1v) is 10.8. The number of aromatic nitrogens is 3. The average molecular weight is 425 g/mol. The molecule has 1 unspecified atom stereocenters. The number of hydrogen-bond acceptors (Lipinski definition) is 7. The molecule has 1 amide bonds. The zero-order valence-corrected chi connectivity index (χ0v) is 17.5. The highest BCUT2D eigenvalue weighted by atomic mass is 16.1. The SMILES string of the molecule is N#Cc1ccnc(Nc2cc(C3CC3)cc(-c3ccc(N4CCCC4C(N)=O)nc3)n2)c1. The minimum Gasteiger partial charge on any atom is -0.368 e. The third-order valence-electron chi connectivity index (χ3n) is 5.96. The molecular formula is C24H23N7O. The lowest BCUT2D eigenvalue weighted by molar-refractivity contribution is -0.119. The van der Waals surface area contributed by atoms with Gasteiger partial charge in [0, 0.05) is 24.5 Å². The van der Waals surface area contributed by atoms with Gasteiger partial charge in [0.2, 0.25) is 5.91 Å². The van der Waals surface area contributed by atoms with E-state index in [4.69, 9.17) is 16.0 Å². The minimum absolute atomic E-state index is 0.294. The van der Waals surface area contributed by atoms with Crippen LogP contribution in [0, 0.1) is 11.3 Å². The lowest BCUT2D eigenvalue weighted by Gasteiger charge is -2.23. The number of nitrogens with zero attached hydrogens (tertiary/aromatic N) is 5. The number of nitrogens with two attached hydrogens (primary N) is 1. The van der Waals surface area contributed by atoms with E-state index in [2.05, 4.69) is 27.4 Å². The topological polar surface area (TPSA) is 121 Å². The quantitative estimate of drug-likeness (QED) is 0.620. The van der Waals surface area contributed by atoms with Crippen molar-refractivity contribution in [2.45, 2.75) is 37.6 Å². The maximum Gasteiger partial charge on any atom is 0.240 e. The maximum absolute atomic E-state index is 11.7. The van der Waals surface area contributed by atoms with E-state index in [1.54, 1.807) is 24.5 Å². The first kappa shape index (κ1) is 19.9. The molecule has 4 heterocycles. The average Bonchev–Trinajstić information content (AvgIpc) is 3.55. The predicted molar refractivity (Wildman–Crippen MR) is 121 cm³/mol. The first-order valence-electron chi connectivity index (χ1n) is 10.8. The summed E-state index contributed by atoms with van der Waals surface area (Å²) in [6.45, 7) is 0.776. The monoisotopic (exact) mass is 425 g/mol. The van der Waals surface area contributed by atoms with Gasteiger partial charge < -0.3 is 16.0 Å². The van der Waals surface area contributed by atoms with Crippen molar-refractivity contribution in [2.75, 3.05) is 16.8 Å². The number of amides is 1. The van der Waals surface area contributed by atoms with Gasteiger partial charge in [-0.2, -0.15) is 5.26 Å². The van der Waals surface area contributed by atoms with Crippen molar-refractivity contribution < 1.29 is 4.79 Å². The number of carbonyl (C=O) groups is 1. The molecule has 5 rings (SSSR count). The molecule has 0 aromatic carbocycles. The van der Waals surface area contributed by atoms with Gasteiger partial charge in [-0.15, -0.1) is 0 Å². The van der Waals surface area contributed by atoms with Gasteiger partial charge in [0.25, 0.3) is 0 Å². The summed E-state index contributed by atoms with van der Waals surface area (Å²) < 4.78 is 0. The molecule has 1 atom stereocenters. The summed E-state index contributed by atoms with van der Waals surface area (Å²) in [5.41, 5.74) is 9.03. The summed E-state index contributed by atoms with van der Waals surface area (Å²) in [6, 6.07) is 13.3. The molecule has 0 spiro atoms. The van der Waals surface area contributed by atoms with Crippen molar-refractivity contribution in [1.82, 2.24) is 15.0 Å². The highest BCUT2D eigenvalue weighted by Crippen LogP contribution is 2.42. The molecule has 1 aliphatic heterocycles. The molecule has 3 N–H and O–H groups in total. The highest BCUT2D eigenvalue weighted by Gasteiger charge is 2.30. The van der Waals surface area contributed by atoms with Gasteiger partial charge in [0.15, 0.2) is 0 Å². The summed E-state index contributed by atoms with van der Waals surface area (Å²) in [6.07, 6.45) is 7.44. The van der Waals surface area contributed by atoms with E-state index in [9.17, 15) is 4.79 Å². The minimum atomic E-state index is -0.308. The van der Waals surface area contributed by atoms with E-state index >= 15 is 0 Å². The zero-order valence-electron chi connectivity index (χ0n) is 17.5. The third kappa shape index (κ3) is 4.10. The van der Waals surface area contributed by atoms with Gasteiger partial charge in [0.1, 0.15) is 23.5 Å². The van der Waals surface area contributed by atoms with E-state index in [0.29, 0.717) is 23.1 Å². The largest absolute Gasteiger partial charge is 0.368 e. The van der Waals surface area contributed by atoms with Crippen LogP contribution in [0.2, 0.25) is 0 Å². The fraction of sp³-hybridized carbons (Fsp3) is 0.292. The number of nitriles is 1. The Bertz CT molecular complexity index is 1200. The first-order chi connectivity index (χ1) is 15.6. The molecule has 3 aromatic rings. The number of rotatable bonds is 6. The van der Waals surface area contributed by atoms with Crippen LogP contribution in [0.15, 0.2) is 48.8 Å². The van der Waals surface area contributed by atoms with Crippen LogP contribution in [0.1, 0.15) is 42.7 Å². The van der Waals surface area contributed by atoms with Crippen molar-refractivity contribution in [1.29, 1.82) is 5.26 Å². The number of pyridine rings is 3. The number of carbonyl (C=O) groups excluding carboxylic acids is 1. The summed E-state index contributed by atoms with van der Waals surface area (Å²) in [5, 5.41) is 12.4. The fourth-order valence-corrected chi connectivity index (χ4v) is 4.16. The summed E-state index contributed by atoms with van der Waals surface area (Å²) >= 11 is 0. The Balaban J connectivity index is 1.44. The van der Waals surface area contributed by atoms with E-state index in [-0.39, 0.29) is 11.9 Å². The second-order valence-corrected chi connectivity index (χ2v) is 8.27. The smallest absolute Gasteiger partial charge is 0.240 e. The van der Waals surface area contributed by atoms with Crippen molar-refractivity contribution in [2.24, 2.45) is 5.73 Å². The van der Waals surface area contributed by atoms with Crippen LogP contribution in [-0.4, -0.2) is 33.4 Å². The summed E-state index contributed by atoms with van der Waals surface area (Å²) in [4.78, 5) is 27.4. The normalized spacial score (nSPS) is 17.7. The van der Waals surface area contributed by atoms with Crippen molar-refractivity contribution in [3.05, 3.63) is 59.9 Å². The lowest BCUT2D eigenvalue weighted by atomic mass is 10.1. The second-order valence-electron chi connectivity index (χ2n) is 8.27. The van der Waals surface area contributed by atoms with Crippen molar-refractivity contribution in [3.63, 3.8) is 0 Å². The van der Waals surface area contributed by atoms with Crippen LogP contribution in [0.3, 0.4) is 0 Å². The fourth-order valence-electron chi connectivity index (χ4n) is 4.16. The Kier molecular flexibility index (Phi) is 5.15. The molecule has 32 heavy (non-hydrogen) atoms. The Hall–Kier alpha value is -3.99. The highest BCUT2D eigenvalue weighted by molar-refractivity contribution is 5.84. The molecule has 2 fully saturated rings. The van der Waals surface area contributed by atoms with Crippen LogP contribution in [0.25, 0.3) is 11.3 Å². The van der Waals surface area contributed by atoms with E-state index in [1.807, 2.05) is 23.1 Å². The molecule has 1 saturated carbocycles. The molecule has 1 aliphatic carbocycles. The number of nitrogens with one attached hydrogen (secondary N) is 1. The molecule has 8 heteroatoms. The van der Waals surface area contributed by atoms with E-state index < -0.39 is 0 Å². The molecule has 2 aliphatic rings. The molecule has 8 nitrogen and oxygen atoms in total. The van der Waals surface area contributed by atoms with Crippen molar-refractivity contribution >= 4 is 23.4 Å². The Morgan fingerprint density at radius 3 is 2.72 bits per heavy atom. The second kappa shape index (κ2) is 8.27. The molecular weight excluding hydrogens is 402 g/mol. The van der Waals surface area contributed by atoms with Crippen LogP contribution in [-0.2, 0) is 4.79 Å². The molecule has 1 saturated heterocycles. The Morgan fingerprint density at radius 1 is 1.12 bits per heavy atom. The van der Waals surface area contributed by atoms with Gasteiger partial charge in [-0.25, -0.2) is 15.0 Å². The van der Waals surface area contributed by atoms with Gasteiger partial charge in [0.05, 0.1) is 17.3 Å². The van der Waals surface area contributed by atoms with Gasteiger partial charge in [-0.05, 0) is 73.6 Å². The van der Waals surface area contributed by atoms with Crippen LogP contribution in [0.5, 0.6) is 0 Å². The van der Waals surface area contributed by atoms with Gasteiger partial charge in [-0.3, -0.25) is 4.79 Å². The zero-order chi connectivity index (χ0) is 22.1. The van der Waals surface area contributed by atoms with Gasteiger partial charge in [-0.1, -0.05) is 0 Å². The van der Waals surface area contributed by atoms with Crippen molar-refractivity contribution in [3.8, 4) is 17.3 Å². The molecule has 3 aromatic heterocycles. The van der Waals surface area contributed by atoms with E-state index in [1.165, 1.54) is 18.4 Å². The van der Waals surface area contributed by atoms with E-state index in [0.717, 1.165) is 36.5 Å². The Morgan fingerprint density at radius 2 is 2.00 bits per heavy atom. The molecule has 160 valence electrons. The van der Waals surface area contributed by atoms with Gasteiger partial charge >= 0.3 is 0 Å².